The van der Waals surface area contributed by atoms with Crippen LogP contribution in [0.2, 0.25) is 0 Å². The van der Waals surface area contributed by atoms with Gasteiger partial charge in [0.2, 0.25) is 5.88 Å². The first-order chi connectivity index (χ1) is 8.63. The van der Waals surface area contributed by atoms with Gasteiger partial charge in [-0.1, -0.05) is 23.4 Å². The largest absolute Gasteiger partial charge is 0.439 e. The molecule has 0 spiro atoms. The van der Waals surface area contributed by atoms with Crippen molar-refractivity contribution in [1.82, 2.24) is 9.78 Å². The molecule has 5 heteroatoms. The van der Waals surface area contributed by atoms with E-state index in [1.807, 2.05) is 37.3 Å². The molecule has 0 aliphatic heterocycles. The van der Waals surface area contributed by atoms with Crippen LogP contribution < -0.4 is 4.74 Å². The van der Waals surface area contributed by atoms with Crippen molar-refractivity contribution < 1.29 is 9.94 Å². The van der Waals surface area contributed by atoms with E-state index in [0.29, 0.717) is 22.9 Å². The highest BCUT2D eigenvalue weighted by Gasteiger charge is 2.18. The lowest BCUT2D eigenvalue weighted by Crippen LogP contribution is -2.00. The molecule has 2 rings (SSSR count). The molecule has 1 N–H and O–H groups in total. The second kappa shape index (κ2) is 4.91. The number of nitrogens with zero attached hydrogens (tertiary/aromatic N) is 3. The third-order valence-corrected chi connectivity index (χ3v) is 2.64. The lowest BCUT2D eigenvalue weighted by atomic mass is 10.2. The van der Waals surface area contributed by atoms with Crippen LogP contribution >= 0.6 is 0 Å². The first kappa shape index (κ1) is 12.2. The van der Waals surface area contributed by atoms with Crippen LogP contribution in [0.3, 0.4) is 0 Å². The van der Waals surface area contributed by atoms with E-state index in [9.17, 15) is 0 Å². The van der Waals surface area contributed by atoms with Gasteiger partial charge in [0.25, 0.3) is 0 Å². The standard InChI is InChI=1S/C13H15N3O2/c1-9-12(10(2)15-17)13(16(3)14-9)18-11-7-5-4-6-8-11/h4-8,17H,1-3H3. The molecule has 1 heterocycles. The van der Waals surface area contributed by atoms with Gasteiger partial charge in [-0.15, -0.1) is 0 Å². The first-order valence-electron chi connectivity index (χ1n) is 5.59. The Morgan fingerprint density at radius 3 is 2.61 bits per heavy atom. The summed E-state index contributed by atoms with van der Waals surface area (Å²) in [5, 5.41) is 16.4. The molecular weight excluding hydrogens is 230 g/mol. The average Bonchev–Trinajstić information content (AvgIpc) is 2.65. The second-order valence-electron chi connectivity index (χ2n) is 3.99. The van der Waals surface area contributed by atoms with Gasteiger partial charge in [-0.05, 0) is 26.0 Å². The van der Waals surface area contributed by atoms with Gasteiger partial charge >= 0.3 is 0 Å². The van der Waals surface area contributed by atoms with Crippen LogP contribution in [0.1, 0.15) is 18.2 Å². The average molecular weight is 245 g/mol. The summed E-state index contributed by atoms with van der Waals surface area (Å²) in [4.78, 5) is 0. The minimum absolute atomic E-state index is 0.478. The molecule has 1 aromatic carbocycles. The van der Waals surface area contributed by atoms with E-state index in [-0.39, 0.29) is 0 Å². The summed E-state index contributed by atoms with van der Waals surface area (Å²) >= 11 is 0. The molecule has 0 unspecified atom stereocenters. The Morgan fingerprint density at radius 2 is 2.00 bits per heavy atom. The number of aryl methyl sites for hydroxylation is 2. The summed E-state index contributed by atoms with van der Waals surface area (Å²) in [5.74, 6) is 1.28. The predicted octanol–water partition coefficient (Wildman–Crippen LogP) is 2.72. The Hall–Kier alpha value is -2.30. The molecule has 0 aliphatic carbocycles. The third-order valence-electron chi connectivity index (χ3n) is 2.64. The maximum Gasteiger partial charge on any atom is 0.227 e. The SMILES string of the molecule is CC(=NO)c1c(C)nn(C)c1Oc1ccccc1. The van der Waals surface area contributed by atoms with Crippen LogP contribution in [-0.4, -0.2) is 20.7 Å². The van der Waals surface area contributed by atoms with Crippen molar-refractivity contribution in [3.05, 3.63) is 41.6 Å². The molecule has 0 fully saturated rings. The van der Waals surface area contributed by atoms with Crippen LogP contribution in [0.15, 0.2) is 35.5 Å². The molecule has 0 saturated heterocycles. The fraction of sp³-hybridized carbons (Fsp3) is 0.231. The fourth-order valence-electron chi connectivity index (χ4n) is 1.82. The van der Waals surface area contributed by atoms with Crippen LogP contribution in [0, 0.1) is 6.92 Å². The highest BCUT2D eigenvalue weighted by Crippen LogP contribution is 2.27. The number of aromatic nitrogens is 2. The van der Waals surface area contributed by atoms with E-state index >= 15 is 0 Å². The maximum atomic E-state index is 8.91. The number of ether oxygens (including phenoxy) is 1. The van der Waals surface area contributed by atoms with Crippen molar-refractivity contribution in [3.8, 4) is 11.6 Å². The minimum Gasteiger partial charge on any atom is -0.439 e. The van der Waals surface area contributed by atoms with E-state index in [0.717, 1.165) is 5.69 Å². The fourth-order valence-corrected chi connectivity index (χ4v) is 1.82. The summed E-state index contributed by atoms with van der Waals surface area (Å²) in [6.45, 7) is 3.56. The van der Waals surface area contributed by atoms with E-state index in [2.05, 4.69) is 10.3 Å². The lowest BCUT2D eigenvalue weighted by molar-refractivity contribution is 0.318. The Labute approximate surface area is 105 Å². The monoisotopic (exact) mass is 245 g/mol. The lowest BCUT2D eigenvalue weighted by Gasteiger charge is -2.07. The van der Waals surface area contributed by atoms with Crippen molar-refractivity contribution in [1.29, 1.82) is 0 Å². The third kappa shape index (κ3) is 2.20. The van der Waals surface area contributed by atoms with Gasteiger partial charge in [-0.3, -0.25) is 0 Å². The summed E-state index contributed by atoms with van der Waals surface area (Å²) in [6.07, 6.45) is 0. The quantitative estimate of drug-likeness (QED) is 0.514. The molecule has 0 aliphatic rings. The molecule has 0 radical (unpaired) electrons. The number of hydrogen-bond acceptors (Lipinski definition) is 4. The Bertz CT molecular complexity index is 573. The number of rotatable bonds is 3. The zero-order valence-electron chi connectivity index (χ0n) is 10.6. The van der Waals surface area contributed by atoms with E-state index in [1.165, 1.54) is 0 Å². The first-order valence-corrected chi connectivity index (χ1v) is 5.59. The number of para-hydroxylation sites is 1. The molecule has 0 atom stereocenters. The Morgan fingerprint density at radius 1 is 1.33 bits per heavy atom. The van der Waals surface area contributed by atoms with Crippen LogP contribution in [-0.2, 0) is 7.05 Å². The van der Waals surface area contributed by atoms with Gasteiger partial charge in [-0.25, -0.2) is 4.68 Å². The molecular formula is C13H15N3O2. The zero-order valence-corrected chi connectivity index (χ0v) is 10.6. The Balaban J connectivity index is 2.45. The summed E-state index contributed by atoms with van der Waals surface area (Å²) in [6, 6.07) is 9.42. The number of hydrogen-bond donors (Lipinski definition) is 1. The molecule has 0 amide bonds. The van der Waals surface area contributed by atoms with E-state index in [4.69, 9.17) is 9.94 Å². The van der Waals surface area contributed by atoms with Crippen molar-refractivity contribution >= 4 is 5.71 Å². The molecule has 1 aromatic heterocycles. The van der Waals surface area contributed by atoms with Crippen molar-refractivity contribution in [2.75, 3.05) is 0 Å². The maximum absolute atomic E-state index is 8.91. The van der Waals surface area contributed by atoms with Gasteiger partial charge in [0.1, 0.15) is 5.75 Å². The molecule has 5 nitrogen and oxygen atoms in total. The van der Waals surface area contributed by atoms with Crippen LogP contribution in [0.25, 0.3) is 0 Å². The van der Waals surface area contributed by atoms with Crippen LogP contribution in [0.5, 0.6) is 11.6 Å². The van der Waals surface area contributed by atoms with Crippen molar-refractivity contribution in [3.63, 3.8) is 0 Å². The van der Waals surface area contributed by atoms with Crippen LogP contribution in [0.4, 0.5) is 0 Å². The van der Waals surface area contributed by atoms with E-state index < -0.39 is 0 Å². The smallest absolute Gasteiger partial charge is 0.227 e. The van der Waals surface area contributed by atoms with Gasteiger partial charge in [0.05, 0.1) is 17.0 Å². The molecule has 0 saturated carbocycles. The normalized spacial score (nSPS) is 11.6. The predicted molar refractivity (Wildman–Crippen MR) is 68.5 cm³/mol. The van der Waals surface area contributed by atoms with Crippen molar-refractivity contribution in [2.24, 2.45) is 12.2 Å². The number of oxime groups is 1. The van der Waals surface area contributed by atoms with Gasteiger partial charge < -0.3 is 9.94 Å². The Kier molecular flexibility index (Phi) is 3.32. The molecule has 0 bridgehead atoms. The summed E-state index contributed by atoms with van der Waals surface area (Å²) in [7, 11) is 1.79. The van der Waals surface area contributed by atoms with Gasteiger partial charge in [-0.2, -0.15) is 5.10 Å². The molecule has 18 heavy (non-hydrogen) atoms. The van der Waals surface area contributed by atoms with Gasteiger partial charge in [0.15, 0.2) is 0 Å². The second-order valence-corrected chi connectivity index (χ2v) is 3.99. The summed E-state index contributed by atoms with van der Waals surface area (Å²) in [5.41, 5.74) is 1.95. The topological polar surface area (TPSA) is 59.6 Å². The van der Waals surface area contributed by atoms with Gasteiger partial charge in [0, 0.05) is 7.05 Å². The highest BCUT2D eigenvalue weighted by atomic mass is 16.5. The zero-order chi connectivity index (χ0) is 13.1. The summed E-state index contributed by atoms with van der Waals surface area (Å²) < 4.78 is 7.42. The number of benzene rings is 1. The minimum atomic E-state index is 0.478. The highest BCUT2D eigenvalue weighted by molar-refractivity contribution is 6.01. The molecule has 2 aromatic rings. The van der Waals surface area contributed by atoms with Crippen molar-refractivity contribution in [2.45, 2.75) is 13.8 Å². The van der Waals surface area contributed by atoms with E-state index in [1.54, 1.807) is 18.7 Å². The molecule has 94 valence electrons.